The molecule has 0 saturated heterocycles. The van der Waals surface area contributed by atoms with Gasteiger partial charge in [-0.25, -0.2) is 0 Å². The fourth-order valence-corrected chi connectivity index (χ4v) is 3.94. The number of benzene rings is 1. The Morgan fingerprint density at radius 3 is 2.46 bits per heavy atom. The first-order valence-electron chi connectivity index (χ1n) is 4.83. The Morgan fingerprint density at radius 2 is 1.85 bits per heavy atom. The first kappa shape index (κ1) is 11.2. The molecular weight excluding hydrogens is 243 g/mol. The van der Waals surface area contributed by atoms with Gasteiger partial charge in [-0.15, -0.1) is 0 Å². The van der Waals surface area contributed by atoms with Gasteiger partial charge in [-0.1, -0.05) is 65.6 Å². The molecule has 0 nitrogen and oxygen atoms in total. The monoisotopic (exact) mass is 258 g/mol. The van der Waals surface area contributed by atoms with Gasteiger partial charge in [-0.3, -0.25) is 0 Å². The highest BCUT2D eigenvalue weighted by atomic mass is 79.9. The molecule has 0 bridgehead atoms. The Labute approximate surface area is 90.2 Å². The molecule has 13 heavy (non-hydrogen) atoms. The fourth-order valence-electron chi connectivity index (χ4n) is 1.22. The third-order valence-corrected chi connectivity index (χ3v) is 5.85. The van der Waals surface area contributed by atoms with E-state index >= 15 is 0 Å². The van der Waals surface area contributed by atoms with E-state index < -0.39 is 0 Å². The number of unbranched alkanes of at least 4 members (excludes halogenated alkanes) is 2. The SMILES string of the molecule is CCCCCP(Br)c1ccccc1. The van der Waals surface area contributed by atoms with E-state index in [1.165, 1.54) is 30.7 Å². The van der Waals surface area contributed by atoms with Gasteiger partial charge in [0.2, 0.25) is 0 Å². The lowest BCUT2D eigenvalue weighted by molar-refractivity contribution is 0.778. The van der Waals surface area contributed by atoms with Crippen LogP contribution in [0.3, 0.4) is 0 Å². The van der Waals surface area contributed by atoms with Crippen molar-refractivity contribution < 1.29 is 0 Å². The van der Waals surface area contributed by atoms with Crippen molar-refractivity contribution in [1.82, 2.24) is 0 Å². The number of rotatable bonds is 5. The minimum absolute atomic E-state index is 0.0748. The van der Waals surface area contributed by atoms with Gasteiger partial charge in [-0.2, -0.15) is 0 Å². The summed E-state index contributed by atoms with van der Waals surface area (Å²) >= 11 is 3.78. The van der Waals surface area contributed by atoms with E-state index in [2.05, 4.69) is 52.7 Å². The molecule has 0 N–H and O–H groups in total. The van der Waals surface area contributed by atoms with Crippen LogP contribution in [0.4, 0.5) is 0 Å². The molecule has 0 heterocycles. The number of hydrogen-bond acceptors (Lipinski definition) is 0. The van der Waals surface area contributed by atoms with E-state index in [0.29, 0.717) is 0 Å². The molecule has 2 heteroatoms. The van der Waals surface area contributed by atoms with Crippen molar-refractivity contribution >= 4 is 27.4 Å². The van der Waals surface area contributed by atoms with Crippen molar-refractivity contribution in [3.63, 3.8) is 0 Å². The lowest BCUT2D eigenvalue weighted by Crippen LogP contribution is -1.97. The van der Waals surface area contributed by atoms with Crippen LogP contribution in [0.1, 0.15) is 26.2 Å². The normalized spacial score (nSPS) is 12.8. The maximum Gasteiger partial charge on any atom is -0.00452 e. The van der Waals surface area contributed by atoms with Crippen molar-refractivity contribution in [1.29, 1.82) is 0 Å². The summed E-state index contributed by atoms with van der Waals surface area (Å²) in [6.45, 7) is 2.17. The van der Waals surface area contributed by atoms with E-state index in [4.69, 9.17) is 0 Å². The molecule has 1 rings (SSSR count). The zero-order valence-electron chi connectivity index (χ0n) is 8.04. The minimum Gasteiger partial charge on any atom is -0.0654 e. The molecule has 0 amide bonds. The van der Waals surface area contributed by atoms with E-state index in [9.17, 15) is 0 Å². The molecule has 0 aromatic heterocycles. The van der Waals surface area contributed by atoms with Crippen molar-refractivity contribution in [3.8, 4) is 0 Å². The van der Waals surface area contributed by atoms with Crippen molar-refractivity contribution in [2.75, 3.05) is 6.16 Å². The summed E-state index contributed by atoms with van der Waals surface area (Å²) in [6.07, 6.45) is 5.33. The second-order valence-electron chi connectivity index (χ2n) is 3.13. The van der Waals surface area contributed by atoms with E-state index in [1.54, 1.807) is 0 Å². The van der Waals surface area contributed by atoms with E-state index in [1.807, 2.05) is 0 Å². The van der Waals surface area contributed by atoms with Crippen molar-refractivity contribution in [3.05, 3.63) is 30.3 Å². The maximum absolute atomic E-state index is 3.78. The Bertz CT molecular complexity index is 223. The van der Waals surface area contributed by atoms with Gasteiger partial charge >= 0.3 is 0 Å². The van der Waals surface area contributed by atoms with Gasteiger partial charge in [0.1, 0.15) is 0 Å². The van der Waals surface area contributed by atoms with Crippen molar-refractivity contribution in [2.24, 2.45) is 0 Å². The zero-order valence-corrected chi connectivity index (χ0v) is 10.5. The summed E-state index contributed by atoms with van der Waals surface area (Å²) in [6, 6.07) is 10.7. The lowest BCUT2D eigenvalue weighted by atomic mass is 10.3. The highest BCUT2D eigenvalue weighted by molar-refractivity contribution is 9.40. The molecular formula is C11H16BrP. The molecule has 1 unspecified atom stereocenters. The first-order chi connectivity index (χ1) is 6.34. The predicted molar refractivity (Wildman–Crippen MR) is 66.3 cm³/mol. The molecule has 0 radical (unpaired) electrons. The summed E-state index contributed by atoms with van der Waals surface area (Å²) in [5.74, 6) is 0. The van der Waals surface area contributed by atoms with Gasteiger partial charge < -0.3 is 0 Å². The third kappa shape index (κ3) is 4.24. The summed E-state index contributed by atoms with van der Waals surface area (Å²) in [5, 5.41) is 1.47. The quantitative estimate of drug-likeness (QED) is 0.546. The Balaban J connectivity index is 2.35. The largest absolute Gasteiger partial charge is 0.0654 e. The Hall–Kier alpha value is 0.130. The molecule has 1 aromatic carbocycles. The third-order valence-electron chi connectivity index (χ3n) is 1.99. The first-order valence-corrected chi connectivity index (χ1v) is 8.37. The summed E-state index contributed by atoms with van der Waals surface area (Å²) < 4.78 is 0. The molecule has 72 valence electrons. The Morgan fingerprint density at radius 1 is 1.15 bits per heavy atom. The van der Waals surface area contributed by atoms with Gasteiger partial charge in [-0.05, 0) is 24.5 Å². The molecule has 1 aromatic rings. The molecule has 0 fully saturated rings. The Kier molecular flexibility index (Phi) is 5.66. The smallest absolute Gasteiger partial charge is 0.00452 e. The van der Waals surface area contributed by atoms with Crippen LogP contribution in [0.15, 0.2) is 30.3 Å². The molecule has 0 aliphatic heterocycles. The highest BCUT2D eigenvalue weighted by Crippen LogP contribution is 2.43. The molecule has 0 aliphatic rings. The van der Waals surface area contributed by atoms with Crippen molar-refractivity contribution in [2.45, 2.75) is 26.2 Å². The van der Waals surface area contributed by atoms with Gasteiger partial charge in [0.15, 0.2) is 0 Å². The summed E-state index contributed by atoms with van der Waals surface area (Å²) in [5.41, 5.74) is 0. The maximum atomic E-state index is 3.78. The van der Waals surface area contributed by atoms with Crippen LogP contribution < -0.4 is 5.30 Å². The lowest BCUT2D eigenvalue weighted by Gasteiger charge is -2.09. The predicted octanol–water partition coefficient (Wildman–Crippen LogP) is 4.29. The van der Waals surface area contributed by atoms with E-state index in [-0.39, 0.29) is 6.62 Å². The van der Waals surface area contributed by atoms with Crippen LogP contribution in [0.25, 0.3) is 0 Å². The van der Waals surface area contributed by atoms with Gasteiger partial charge in [0.05, 0.1) is 0 Å². The summed E-state index contributed by atoms with van der Waals surface area (Å²) in [7, 11) is 0. The fraction of sp³-hybridized carbons (Fsp3) is 0.455. The van der Waals surface area contributed by atoms with Crippen LogP contribution in [0.2, 0.25) is 0 Å². The second-order valence-corrected chi connectivity index (χ2v) is 7.38. The topological polar surface area (TPSA) is 0 Å². The van der Waals surface area contributed by atoms with Crippen LogP contribution in [0.5, 0.6) is 0 Å². The van der Waals surface area contributed by atoms with Gasteiger partial charge in [0, 0.05) is 0 Å². The summed E-state index contributed by atoms with van der Waals surface area (Å²) in [4.78, 5) is 0. The standard InChI is InChI=1S/C11H16BrP/c1-2-3-7-10-13(12)11-8-5-4-6-9-11/h4-6,8-9H,2-3,7,10H2,1H3. The molecule has 0 aliphatic carbocycles. The number of hydrogen-bond donors (Lipinski definition) is 0. The molecule has 0 spiro atoms. The van der Waals surface area contributed by atoms with Crippen LogP contribution in [-0.2, 0) is 0 Å². The van der Waals surface area contributed by atoms with Crippen LogP contribution >= 0.6 is 22.1 Å². The minimum atomic E-state index is -0.0748. The highest BCUT2D eigenvalue weighted by Gasteiger charge is 2.04. The average Bonchev–Trinajstić information content (AvgIpc) is 2.19. The van der Waals surface area contributed by atoms with E-state index in [0.717, 1.165) is 0 Å². The average molecular weight is 259 g/mol. The number of halogens is 1. The van der Waals surface area contributed by atoms with Crippen LogP contribution in [0, 0.1) is 0 Å². The van der Waals surface area contributed by atoms with Crippen LogP contribution in [-0.4, -0.2) is 6.16 Å². The molecule has 1 atom stereocenters. The van der Waals surface area contributed by atoms with Gasteiger partial charge in [0.25, 0.3) is 0 Å². The molecule has 0 saturated carbocycles. The zero-order chi connectivity index (χ0) is 9.52. The second kappa shape index (κ2) is 6.56.